The molecule has 0 spiro atoms. The zero-order valence-corrected chi connectivity index (χ0v) is 11.5. The highest BCUT2D eigenvalue weighted by Gasteiger charge is 2.09. The number of carbonyl (C=O) groups excluding carboxylic acids is 1. The predicted octanol–water partition coefficient (Wildman–Crippen LogP) is 1.80. The van der Waals surface area contributed by atoms with Gasteiger partial charge in [-0.05, 0) is 47.1 Å². The third kappa shape index (κ3) is 3.34. The molecular weight excluding hydrogens is 296 g/mol. The number of aromatic hydroxyl groups is 1. The minimum absolute atomic E-state index is 0.0729. The SMILES string of the molecule is O=C(NCC1=CCNCC1)c1ccc(Br)c(O)c1. The van der Waals surface area contributed by atoms with Crippen LogP contribution in [0.2, 0.25) is 0 Å². The number of benzene rings is 1. The van der Waals surface area contributed by atoms with Crippen molar-refractivity contribution in [2.24, 2.45) is 0 Å². The summed E-state index contributed by atoms with van der Waals surface area (Å²) in [5.74, 6) is -0.0963. The highest BCUT2D eigenvalue weighted by atomic mass is 79.9. The number of phenols is 1. The molecule has 0 saturated carbocycles. The van der Waals surface area contributed by atoms with Crippen molar-refractivity contribution < 1.29 is 9.90 Å². The number of hydrogen-bond acceptors (Lipinski definition) is 3. The Kier molecular flexibility index (Phi) is 4.38. The first kappa shape index (κ1) is 13.1. The quantitative estimate of drug-likeness (QED) is 0.746. The van der Waals surface area contributed by atoms with E-state index in [1.165, 1.54) is 11.6 Å². The van der Waals surface area contributed by atoms with Crippen molar-refractivity contribution >= 4 is 21.8 Å². The molecule has 2 rings (SSSR count). The number of carbonyl (C=O) groups is 1. The molecule has 1 aromatic rings. The van der Waals surface area contributed by atoms with Crippen molar-refractivity contribution in [3.8, 4) is 5.75 Å². The molecule has 3 N–H and O–H groups in total. The van der Waals surface area contributed by atoms with Crippen LogP contribution in [0.5, 0.6) is 5.75 Å². The molecular formula is C13H15BrN2O2. The summed E-state index contributed by atoms with van der Waals surface area (Å²) in [5.41, 5.74) is 1.70. The Balaban J connectivity index is 1.95. The number of hydrogen-bond donors (Lipinski definition) is 3. The number of amides is 1. The van der Waals surface area contributed by atoms with E-state index >= 15 is 0 Å². The van der Waals surface area contributed by atoms with Crippen molar-refractivity contribution in [1.29, 1.82) is 0 Å². The van der Waals surface area contributed by atoms with E-state index < -0.39 is 0 Å². The first-order chi connectivity index (χ1) is 8.66. The Morgan fingerprint density at radius 1 is 1.50 bits per heavy atom. The smallest absolute Gasteiger partial charge is 0.251 e. The minimum atomic E-state index is -0.169. The molecule has 1 aliphatic heterocycles. The van der Waals surface area contributed by atoms with Gasteiger partial charge < -0.3 is 15.7 Å². The topological polar surface area (TPSA) is 61.4 Å². The average Bonchev–Trinajstić information content (AvgIpc) is 2.40. The van der Waals surface area contributed by atoms with Crippen molar-refractivity contribution in [2.75, 3.05) is 19.6 Å². The number of halogens is 1. The normalized spacial score (nSPS) is 15.1. The van der Waals surface area contributed by atoms with Crippen LogP contribution in [0.1, 0.15) is 16.8 Å². The molecule has 0 aromatic heterocycles. The first-order valence-corrected chi connectivity index (χ1v) is 6.61. The van der Waals surface area contributed by atoms with E-state index in [1.54, 1.807) is 12.1 Å². The zero-order chi connectivity index (χ0) is 13.0. The van der Waals surface area contributed by atoms with E-state index in [-0.39, 0.29) is 11.7 Å². The summed E-state index contributed by atoms with van der Waals surface area (Å²) in [6.07, 6.45) is 3.06. The van der Waals surface area contributed by atoms with E-state index in [2.05, 4.69) is 32.6 Å². The summed E-state index contributed by atoms with van der Waals surface area (Å²) < 4.78 is 0.583. The van der Waals surface area contributed by atoms with Gasteiger partial charge in [-0.1, -0.05) is 11.6 Å². The van der Waals surface area contributed by atoms with Crippen LogP contribution in [0.4, 0.5) is 0 Å². The fourth-order valence-electron chi connectivity index (χ4n) is 1.78. The first-order valence-electron chi connectivity index (χ1n) is 5.82. The second-order valence-corrected chi connectivity index (χ2v) is 5.02. The van der Waals surface area contributed by atoms with Gasteiger partial charge in [0.15, 0.2) is 0 Å². The maximum atomic E-state index is 11.9. The third-order valence-corrected chi connectivity index (χ3v) is 3.51. The summed E-state index contributed by atoms with van der Waals surface area (Å²) in [5, 5.41) is 15.6. The van der Waals surface area contributed by atoms with Gasteiger partial charge in [0.1, 0.15) is 5.75 Å². The Morgan fingerprint density at radius 2 is 2.33 bits per heavy atom. The highest BCUT2D eigenvalue weighted by Crippen LogP contribution is 2.24. The fraction of sp³-hybridized carbons (Fsp3) is 0.308. The Bertz CT molecular complexity index is 486. The summed E-state index contributed by atoms with van der Waals surface area (Å²) in [6.45, 7) is 2.39. The number of rotatable bonds is 3. The van der Waals surface area contributed by atoms with Gasteiger partial charge in [-0.3, -0.25) is 4.79 Å². The molecule has 0 radical (unpaired) electrons. The molecule has 0 bridgehead atoms. The minimum Gasteiger partial charge on any atom is -0.507 e. The number of phenolic OH excluding ortho intramolecular Hbond substituents is 1. The van der Waals surface area contributed by atoms with Gasteiger partial charge in [0.2, 0.25) is 0 Å². The van der Waals surface area contributed by atoms with E-state index in [0.717, 1.165) is 19.5 Å². The molecule has 96 valence electrons. The standard InChI is InChI=1S/C13H15BrN2O2/c14-11-2-1-10(7-12(11)17)13(18)16-8-9-3-5-15-6-4-9/h1-3,7,15,17H,4-6,8H2,(H,16,18). The van der Waals surface area contributed by atoms with Crippen LogP contribution in [0.3, 0.4) is 0 Å². The highest BCUT2D eigenvalue weighted by molar-refractivity contribution is 9.10. The second-order valence-electron chi connectivity index (χ2n) is 4.17. The molecule has 1 heterocycles. The maximum absolute atomic E-state index is 11.9. The largest absolute Gasteiger partial charge is 0.507 e. The summed E-state index contributed by atoms with van der Waals surface area (Å²) in [6, 6.07) is 4.79. The van der Waals surface area contributed by atoms with Gasteiger partial charge in [0.05, 0.1) is 4.47 Å². The lowest BCUT2D eigenvalue weighted by Gasteiger charge is -2.14. The van der Waals surface area contributed by atoms with E-state index in [4.69, 9.17) is 0 Å². The van der Waals surface area contributed by atoms with Crippen molar-refractivity contribution in [3.63, 3.8) is 0 Å². The van der Waals surface area contributed by atoms with Crippen LogP contribution >= 0.6 is 15.9 Å². The molecule has 0 unspecified atom stereocenters. The predicted molar refractivity (Wildman–Crippen MR) is 73.7 cm³/mol. The van der Waals surface area contributed by atoms with Crippen LogP contribution in [0.25, 0.3) is 0 Å². The van der Waals surface area contributed by atoms with Crippen LogP contribution in [0, 0.1) is 0 Å². The lowest BCUT2D eigenvalue weighted by Crippen LogP contribution is -2.29. The van der Waals surface area contributed by atoms with Gasteiger partial charge in [-0.25, -0.2) is 0 Å². The molecule has 0 saturated heterocycles. The zero-order valence-electron chi connectivity index (χ0n) is 9.87. The lowest BCUT2D eigenvalue weighted by atomic mass is 10.1. The van der Waals surface area contributed by atoms with E-state index in [0.29, 0.717) is 16.6 Å². The average molecular weight is 311 g/mol. The molecule has 1 amide bonds. The molecule has 5 heteroatoms. The Morgan fingerprint density at radius 3 is 3.00 bits per heavy atom. The van der Waals surface area contributed by atoms with E-state index in [1.807, 2.05) is 0 Å². The monoisotopic (exact) mass is 310 g/mol. The third-order valence-electron chi connectivity index (χ3n) is 2.84. The molecule has 0 fully saturated rings. The molecule has 1 aliphatic rings. The maximum Gasteiger partial charge on any atom is 0.251 e. The molecule has 0 aliphatic carbocycles. The molecule has 1 aromatic carbocycles. The van der Waals surface area contributed by atoms with Crippen LogP contribution in [-0.4, -0.2) is 30.6 Å². The molecule has 0 atom stereocenters. The van der Waals surface area contributed by atoms with Crippen LogP contribution in [0.15, 0.2) is 34.3 Å². The van der Waals surface area contributed by atoms with Gasteiger partial charge in [-0.2, -0.15) is 0 Å². The van der Waals surface area contributed by atoms with Gasteiger partial charge in [0, 0.05) is 18.7 Å². The lowest BCUT2D eigenvalue weighted by molar-refractivity contribution is 0.0956. The van der Waals surface area contributed by atoms with Gasteiger partial charge in [0.25, 0.3) is 5.91 Å². The summed E-state index contributed by atoms with van der Waals surface area (Å²) >= 11 is 3.18. The molecule has 4 nitrogen and oxygen atoms in total. The van der Waals surface area contributed by atoms with Gasteiger partial charge in [-0.15, -0.1) is 0 Å². The Labute approximate surface area is 114 Å². The summed E-state index contributed by atoms with van der Waals surface area (Å²) in [7, 11) is 0. The van der Waals surface area contributed by atoms with Crippen molar-refractivity contribution in [2.45, 2.75) is 6.42 Å². The molecule has 18 heavy (non-hydrogen) atoms. The fourth-order valence-corrected chi connectivity index (χ4v) is 2.03. The van der Waals surface area contributed by atoms with E-state index in [9.17, 15) is 9.90 Å². The van der Waals surface area contributed by atoms with Gasteiger partial charge >= 0.3 is 0 Å². The van der Waals surface area contributed by atoms with Crippen molar-refractivity contribution in [3.05, 3.63) is 39.9 Å². The number of nitrogens with one attached hydrogen (secondary N) is 2. The Hall–Kier alpha value is -1.33. The van der Waals surface area contributed by atoms with Crippen LogP contribution < -0.4 is 10.6 Å². The van der Waals surface area contributed by atoms with Crippen LogP contribution in [-0.2, 0) is 0 Å². The van der Waals surface area contributed by atoms with Crippen molar-refractivity contribution in [1.82, 2.24) is 10.6 Å². The summed E-state index contributed by atoms with van der Waals surface area (Å²) in [4.78, 5) is 11.9. The second kappa shape index (κ2) is 6.02.